The molecule has 1 aliphatic rings. The van der Waals surface area contributed by atoms with Gasteiger partial charge >= 0.3 is 0 Å². The lowest BCUT2D eigenvalue weighted by Crippen LogP contribution is -2.02. The van der Waals surface area contributed by atoms with E-state index in [-0.39, 0.29) is 29.6 Å². The highest BCUT2D eigenvalue weighted by molar-refractivity contribution is 5.95. The molecule has 0 aliphatic carbocycles. The van der Waals surface area contributed by atoms with Crippen LogP contribution in [-0.2, 0) is 0 Å². The van der Waals surface area contributed by atoms with Crippen molar-refractivity contribution in [2.75, 3.05) is 12.1 Å². The highest BCUT2D eigenvalue weighted by Gasteiger charge is 2.18. The van der Waals surface area contributed by atoms with Gasteiger partial charge in [0.05, 0.1) is 0 Å². The maximum Gasteiger partial charge on any atom is 0.231 e. The minimum absolute atomic E-state index is 0.0634. The largest absolute Gasteiger partial charge is 0.454 e. The van der Waals surface area contributed by atoms with Crippen LogP contribution in [-0.4, -0.2) is 21.7 Å². The van der Waals surface area contributed by atoms with Gasteiger partial charge in [-0.25, -0.2) is 23.1 Å². The van der Waals surface area contributed by atoms with E-state index in [1.54, 1.807) is 48.8 Å². The number of ether oxygens (including phenoxy) is 2. The van der Waals surface area contributed by atoms with Gasteiger partial charge in [-0.1, -0.05) is 6.07 Å². The van der Waals surface area contributed by atoms with E-state index >= 15 is 4.39 Å². The summed E-state index contributed by atoms with van der Waals surface area (Å²) in [7, 11) is 0. The van der Waals surface area contributed by atoms with Crippen molar-refractivity contribution in [2.45, 2.75) is 0 Å². The van der Waals surface area contributed by atoms with E-state index in [4.69, 9.17) is 9.47 Å². The fourth-order valence-electron chi connectivity index (χ4n) is 3.86. The first-order valence-corrected chi connectivity index (χ1v) is 10.6. The average Bonchev–Trinajstić information content (AvgIpc) is 3.35. The van der Waals surface area contributed by atoms with Crippen molar-refractivity contribution >= 4 is 22.4 Å². The summed E-state index contributed by atoms with van der Waals surface area (Å²) >= 11 is 0. The molecule has 0 amide bonds. The van der Waals surface area contributed by atoms with Gasteiger partial charge < -0.3 is 14.8 Å². The number of nitrogens with zero attached hydrogens (tertiary/aromatic N) is 3. The van der Waals surface area contributed by atoms with Gasteiger partial charge in [0.1, 0.15) is 17.2 Å². The molecule has 0 unspecified atom stereocenters. The van der Waals surface area contributed by atoms with Crippen LogP contribution in [0.15, 0.2) is 73.1 Å². The monoisotopic (exact) mass is 472 g/mol. The van der Waals surface area contributed by atoms with Gasteiger partial charge in [-0.3, -0.25) is 4.98 Å². The van der Waals surface area contributed by atoms with Gasteiger partial charge in [0.15, 0.2) is 29.0 Å². The lowest BCUT2D eigenvalue weighted by molar-refractivity contribution is 0.174. The number of rotatable bonds is 4. The van der Waals surface area contributed by atoms with E-state index in [1.807, 2.05) is 0 Å². The van der Waals surface area contributed by atoms with Gasteiger partial charge in [0.25, 0.3) is 0 Å². The molecule has 9 heteroatoms. The number of nitrogens with one attached hydrogen (secondary N) is 1. The van der Waals surface area contributed by atoms with Crippen LogP contribution in [0.2, 0.25) is 0 Å². The quantitative estimate of drug-likeness (QED) is 0.334. The maximum absolute atomic E-state index is 15.4. The Balaban J connectivity index is 1.54. The van der Waals surface area contributed by atoms with Gasteiger partial charge in [0.2, 0.25) is 6.79 Å². The predicted octanol–water partition coefficient (Wildman–Crippen LogP) is 6.25. The Morgan fingerprint density at radius 2 is 1.63 bits per heavy atom. The second kappa shape index (κ2) is 8.28. The summed E-state index contributed by atoms with van der Waals surface area (Å²) in [6.45, 7) is 0.123. The van der Waals surface area contributed by atoms with E-state index in [0.29, 0.717) is 33.6 Å². The van der Waals surface area contributed by atoms with Crippen LogP contribution in [0, 0.1) is 17.5 Å². The first kappa shape index (κ1) is 20.9. The van der Waals surface area contributed by atoms with Gasteiger partial charge in [0, 0.05) is 35.1 Å². The predicted molar refractivity (Wildman–Crippen MR) is 124 cm³/mol. The molecule has 1 N–H and O–H groups in total. The molecule has 0 saturated carbocycles. The summed E-state index contributed by atoms with van der Waals surface area (Å²) in [5.74, 6) is -0.947. The van der Waals surface area contributed by atoms with Crippen molar-refractivity contribution in [3.05, 3.63) is 90.5 Å². The molecule has 3 aromatic carbocycles. The van der Waals surface area contributed by atoms with Crippen LogP contribution in [0.25, 0.3) is 33.4 Å². The Morgan fingerprint density at radius 1 is 0.743 bits per heavy atom. The molecule has 0 atom stereocenters. The third-order valence-corrected chi connectivity index (χ3v) is 5.56. The number of pyridine rings is 1. The van der Waals surface area contributed by atoms with E-state index in [1.165, 1.54) is 12.1 Å². The molecule has 6 rings (SSSR count). The number of aromatic nitrogens is 3. The van der Waals surface area contributed by atoms with Gasteiger partial charge in [-0.15, -0.1) is 0 Å². The maximum atomic E-state index is 15.4. The molecule has 0 saturated heterocycles. The van der Waals surface area contributed by atoms with Crippen molar-refractivity contribution in [1.82, 2.24) is 15.0 Å². The third-order valence-electron chi connectivity index (χ3n) is 5.56. The van der Waals surface area contributed by atoms with Crippen molar-refractivity contribution in [2.24, 2.45) is 0 Å². The minimum Gasteiger partial charge on any atom is -0.454 e. The number of halogens is 3. The zero-order chi connectivity index (χ0) is 23.9. The normalized spacial score (nSPS) is 12.2. The van der Waals surface area contributed by atoms with Crippen LogP contribution < -0.4 is 14.8 Å². The van der Waals surface area contributed by atoms with E-state index < -0.39 is 17.5 Å². The first-order chi connectivity index (χ1) is 17.0. The molecule has 3 heterocycles. The lowest BCUT2D eigenvalue weighted by Gasteiger charge is -2.13. The first-order valence-electron chi connectivity index (χ1n) is 10.6. The van der Waals surface area contributed by atoms with E-state index in [9.17, 15) is 8.78 Å². The van der Waals surface area contributed by atoms with Gasteiger partial charge in [-0.2, -0.15) is 0 Å². The molecule has 0 bridgehead atoms. The van der Waals surface area contributed by atoms with Crippen LogP contribution in [0.1, 0.15) is 0 Å². The molecule has 2 aromatic heterocycles. The highest BCUT2D eigenvalue weighted by atomic mass is 19.2. The number of hydrogen-bond donors (Lipinski definition) is 1. The summed E-state index contributed by atoms with van der Waals surface area (Å²) in [5.41, 5.74) is 2.13. The summed E-state index contributed by atoms with van der Waals surface area (Å²) in [6.07, 6.45) is 3.16. The summed E-state index contributed by atoms with van der Waals surface area (Å²) in [4.78, 5) is 13.1. The molecular formula is C26H15F3N4O2. The molecule has 35 heavy (non-hydrogen) atoms. The van der Waals surface area contributed by atoms with E-state index in [2.05, 4.69) is 20.3 Å². The van der Waals surface area contributed by atoms with Crippen LogP contribution in [0.3, 0.4) is 0 Å². The molecule has 0 spiro atoms. The molecule has 1 aliphatic heterocycles. The Hall–Kier alpha value is -4.66. The molecule has 6 nitrogen and oxygen atoms in total. The molecular weight excluding hydrogens is 457 g/mol. The van der Waals surface area contributed by atoms with E-state index in [0.717, 1.165) is 12.1 Å². The lowest BCUT2D eigenvalue weighted by atomic mass is 10.0. The van der Waals surface area contributed by atoms with Crippen molar-refractivity contribution in [3.63, 3.8) is 0 Å². The summed E-state index contributed by atoms with van der Waals surface area (Å²) < 4.78 is 53.6. The molecule has 172 valence electrons. The molecule has 5 aromatic rings. The number of benzene rings is 3. The SMILES string of the molecule is Fc1ccc(Nc2nc(-c3cccnc3)nc3c(F)cc(-c4ccc5c(c4)OCO5)cc23)cc1F. The van der Waals surface area contributed by atoms with Crippen LogP contribution >= 0.6 is 0 Å². The van der Waals surface area contributed by atoms with Crippen LogP contribution in [0.4, 0.5) is 24.7 Å². The molecule has 0 fully saturated rings. The zero-order valence-electron chi connectivity index (χ0n) is 17.9. The van der Waals surface area contributed by atoms with Crippen LogP contribution in [0.5, 0.6) is 11.5 Å². The number of hydrogen-bond acceptors (Lipinski definition) is 6. The Bertz CT molecular complexity index is 1600. The third kappa shape index (κ3) is 3.86. The van der Waals surface area contributed by atoms with Crippen molar-refractivity contribution in [3.8, 4) is 34.0 Å². The zero-order valence-corrected chi connectivity index (χ0v) is 17.9. The minimum atomic E-state index is -1.02. The fourth-order valence-corrected chi connectivity index (χ4v) is 3.86. The summed E-state index contributed by atoms with van der Waals surface area (Å²) in [5, 5.41) is 3.34. The summed E-state index contributed by atoms with van der Waals surface area (Å²) in [6, 6.07) is 15.2. The number of fused-ring (bicyclic) bond motifs is 2. The second-order valence-corrected chi connectivity index (χ2v) is 7.81. The fraction of sp³-hybridized carbons (Fsp3) is 0.0385. The average molecular weight is 472 g/mol. The highest BCUT2D eigenvalue weighted by Crippen LogP contribution is 2.38. The Kier molecular flexibility index (Phi) is 4.95. The van der Waals surface area contributed by atoms with Gasteiger partial charge in [-0.05, 0) is 59.7 Å². The number of anilines is 2. The van der Waals surface area contributed by atoms with Crippen molar-refractivity contribution in [1.29, 1.82) is 0 Å². The second-order valence-electron chi connectivity index (χ2n) is 7.81. The standard InChI is InChI=1S/C26H15F3N4O2/c27-19-5-4-17(11-20(19)28)31-26-18-8-16(14-3-6-22-23(10-14)35-13-34-22)9-21(29)24(18)32-25(33-26)15-2-1-7-30-12-15/h1-12H,13H2,(H,31,32,33). The Labute approximate surface area is 197 Å². The smallest absolute Gasteiger partial charge is 0.231 e. The van der Waals surface area contributed by atoms with Crippen molar-refractivity contribution < 1.29 is 22.6 Å². The topological polar surface area (TPSA) is 69.2 Å². The Morgan fingerprint density at radius 3 is 2.46 bits per heavy atom. The molecule has 0 radical (unpaired) electrons.